The molecule has 0 spiro atoms. The molecule has 0 aliphatic heterocycles. The normalized spacial score (nSPS) is 17.8. The van der Waals surface area contributed by atoms with Gasteiger partial charge >= 0.3 is 53.6 Å². The second-order valence-corrected chi connectivity index (χ2v) is 6.29. The van der Waals surface area contributed by atoms with E-state index in [2.05, 4.69) is 0 Å². The lowest BCUT2D eigenvalue weighted by Crippen LogP contribution is -2.76. The number of carboxylic acids is 1. The van der Waals surface area contributed by atoms with Crippen molar-refractivity contribution in [2.75, 3.05) is 0 Å². The fourth-order valence-corrected chi connectivity index (χ4v) is 1.89. The number of rotatable bonds is 9. The Kier molecular flexibility index (Phi) is 6.95. The van der Waals surface area contributed by atoms with Crippen molar-refractivity contribution in [3.63, 3.8) is 0 Å². The van der Waals surface area contributed by atoms with Crippen LogP contribution >= 0.6 is 0 Å². The van der Waals surface area contributed by atoms with Crippen molar-refractivity contribution < 1.29 is 88.9 Å². The van der Waals surface area contributed by atoms with E-state index in [1.165, 1.54) is 0 Å². The zero-order valence-electron chi connectivity index (χ0n) is 14.4. The molecule has 1 atom stereocenters. The number of hydrogen-bond acceptors (Lipinski definition) is 1. The van der Waals surface area contributed by atoms with Crippen LogP contribution in [0.2, 0.25) is 0 Å². The van der Waals surface area contributed by atoms with Gasteiger partial charge in [-0.05, 0) is 6.92 Å². The molecule has 0 aromatic heterocycles. The molecule has 1 N–H and O–H groups in total. The molecule has 0 saturated carbocycles. The highest BCUT2D eigenvalue weighted by atomic mass is 19.4. The lowest BCUT2D eigenvalue weighted by molar-refractivity contribution is -0.465. The summed E-state index contributed by atoms with van der Waals surface area (Å²) in [6, 6.07) is 0. The third kappa shape index (κ3) is 3.69. The number of carbonyl (C=O) groups is 1. The standard InChI is InChI=1S/C12H6F18O2/c1-4(13,2-3(31)32)5(14,15)6(16,17)7(18,19)8(20,21)9(22,23)10(24,25)11(26,27)12(28,29)30/h2H2,1H3,(H,31,32). The molecule has 0 aliphatic rings. The summed E-state index contributed by atoms with van der Waals surface area (Å²) in [5.41, 5.74) is -5.50. The van der Waals surface area contributed by atoms with E-state index >= 15 is 0 Å². The molecule has 2 nitrogen and oxygen atoms in total. The third-order valence-electron chi connectivity index (χ3n) is 3.86. The van der Waals surface area contributed by atoms with Crippen LogP contribution in [0, 0.1) is 0 Å². The molecule has 0 fully saturated rings. The van der Waals surface area contributed by atoms with Crippen molar-refractivity contribution in [2.45, 2.75) is 66.6 Å². The number of hydrogen-bond donors (Lipinski definition) is 1. The minimum atomic E-state index is -8.84. The van der Waals surface area contributed by atoms with Crippen LogP contribution in [0.3, 0.4) is 0 Å². The van der Waals surface area contributed by atoms with Crippen molar-refractivity contribution >= 4 is 5.97 Å². The van der Waals surface area contributed by atoms with Crippen LogP contribution in [0.25, 0.3) is 0 Å². The van der Waals surface area contributed by atoms with Crippen LogP contribution in [0.5, 0.6) is 0 Å². The van der Waals surface area contributed by atoms with E-state index in [4.69, 9.17) is 5.11 Å². The maximum absolute atomic E-state index is 13.6. The molecule has 0 amide bonds. The molecule has 0 saturated heterocycles. The molecule has 1 unspecified atom stereocenters. The number of carboxylic acid groups (broad SMARTS) is 1. The molecular weight excluding hydrogens is 518 g/mol. The Hall–Kier alpha value is -1.79. The van der Waals surface area contributed by atoms with E-state index < -0.39 is 72.6 Å². The lowest BCUT2D eigenvalue weighted by Gasteiger charge is -2.44. The minimum Gasteiger partial charge on any atom is -0.481 e. The van der Waals surface area contributed by atoms with Crippen LogP contribution in [-0.2, 0) is 4.79 Å². The van der Waals surface area contributed by atoms with Gasteiger partial charge in [0.15, 0.2) is 5.67 Å². The Morgan fingerprint density at radius 2 is 0.719 bits per heavy atom. The summed E-state index contributed by atoms with van der Waals surface area (Å²) in [4.78, 5) is 10.2. The van der Waals surface area contributed by atoms with E-state index in [-0.39, 0.29) is 0 Å². The van der Waals surface area contributed by atoms with Gasteiger partial charge < -0.3 is 5.11 Å². The molecule has 0 bridgehead atoms. The van der Waals surface area contributed by atoms with Gasteiger partial charge in [0, 0.05) is 0 Å². The van der Waals surface area contributed by atoms with E-state index in [1.807, 2.05) is 0 Å². The summed E-state index contributed by atoms with van der Waals surface area (Å²) in [5, 5.41) is 8.08. The second-order valence-electron chi connectivity index (χ2n) is 6.29. The van der Waals surface area contributed by atoms with E-state index in [9.17, 15) is 83.8 Å². The Morgan fingerprint density at radius 1 is 0.500 bits per heavy atom. The zero-order valence-corrected chi connectivity index (χ0v) is 14.4. The Balaban J connectivity index is 6.88. The van der Waals surface area contributed by atoms with E-state index in [1.54, 1.807) is 0 Å². The fourth-order valence-electron chi connectivity index (χ4n) is 1.89. The molecule has 0 aromatic carbocycles. The quantitative estimate of drug-likeness (QED) is 0.365. The van der Waals surface area contributed by atoms with Gasteiger partial charge in [0.2, 0.25) is 0 Å². The summed E-state index contributed by atoms with van der Waals surface area (Å²) in [5.74, 6) is -61.8. The first-order valence-corrected chi connectivity index (χ1v) is 7.04. The monoisotopic (exact) mass is 524 g/mol. The highest BCUT2D eigenvalue weighted by molar-refractivity contribution is 5.68. The second kappa shape index (κ2) is 7.36. The molecule has 192 valence electrons. The predicted molar refractivity (Wildman–Crippen MR) is 62.4 cm³/mol. The minimum absolute atomic E-state index is 0.951. The SMILES string of the molecule is CC(F)(CC(=O)O)C(F)(F)C(F)(F)C(F)(F)C(F)(F)C(F)(F)C(F)(F)C(F)(F)C(F)(F)F. The zero-order chi connectivity index (χ0) is 26.8. The Labute approximate surface area is 163 Å². The van der Waals surface area contributed by atoms with Crippen LogP contribution in [-0.4, -0.2) is 64.4 Å². The van der Waals surface area contributed by atoms with Crippen molar-refractivity contribution in [2.24, 2.45) is 0 Å². The van der Waals surface area contributed by atoms with E-state index in [0.29, 0.717) is 0 Å². The topological polar surface area (TPSA) is 37.3 Å². The molecule has 0 aliphatic carbocycles. The first-order valence-electron chi connectivity index (χ1n) is 7.04. The van der Waals surface area contributed by atoms with Gasteiger partial charge in [0.05, 0.1) is 6.42 Å². The maximum atomic E-state index is 13.6. The molecule has 0 rings (SSSR count). The number of halogens is 18. The average molecular weight is 524 g/mol. The number of alkyl halides is 18. The summed E-state index contributed by atoms with van der Waals surface area (Å²) in [6.07, 6.45) is -10.8. The number of aliphatic carboxylic acids is 1. The Bertz CT molecular complexity index is 718. The van der Waals surface area contributed by atoms with Gasteiger partial charge in [-0.15, -0.1) is 0 Å². The fraction of sp³-hybridized carbons (Fsp3) is 0.917. The van der Waals surface area contributed by atoms with Crippen molar-refractivity contribution in [3.8, 4) is 0 Å². The molecule has 20 heteroatoms. The van der Waals surface area contributed by atoms with Gasteiger partial charge in [0.1, 0.15) is 0 Å². The molecular formula is C12H6F18O2. The van der Waals surface area contributed by atoms with Crippen LogP contribution in [0.15, 0.2) is 0 Å². The first kappa shape index (κ1) is 30.2. The van der Waals surface area contributed by atoms with Gasteiger partial charge in [-0.3, -0.25) is 4.79 Å². The van der Waals surface area contributed by atoms with Gasteiger partial charge in [0.25, 0.3) is 0 Å². The van der Waals surface area contributed by atoms with Crippen LogP contribution in [0.1, 0.15) is 13.3 Å². The van der Waals surface area contributed by atoms with Crippen molar-refractivity contribution in [1.82, 2.24) is 0 Å². The molecule has 0 aromatic rings. The van der Waals surface area contributed by atoms with E-state index in [0.717, 1.165) is 0 Å². The van der Waals surface area contributed by atoms with Gasteiger partial charge in [-0.2, -0.15) is 74.6 Å². The average Bonchev–Trinajstić information content (AvgIpc) is 2.51. The largest absolute Gasteiger partial charge is 0.481 e. The summed E-state index contributed by atoms with van der Waals surface area (Å²) in [7, 11) is 0. The molecule has 0 radical (unpaired) electrons. The maximum Gasteiger partial charge on any atom is 0.460 e. The Morgan fingerprint density at radius 3 is 0.938 bits per heavy atom. The van der Waals surface area contributed by atoms with Gasteiger partial charge in [-0.1, -0.05) is 0 Å². The summed E-state index contributed by atoms with van der Waals surface area (Å²) < 4.78 is 234. The smallest absolute Gasteiger partial charge is 0.460 e. The molecule has 0 heterocycles. The van der Waals surface area contributed by atoms with Crippen LogP contribution < -0.4 is 0 Å². The third-order valence-corrected chi connectivity index (χ3v) is 3.86. The summed E-state index contributed by atoms with van der Waals surface area (Å²) >= 11 is 0. The van der Waals surface area contributed by atoms with Gasteiger partial charge in [-0.25, -0.2) is 4.39 Å². The van der Waals surface area contributed by atoms with Crippen LogP contribution in [0.4, 0.5) is 79.0 Å². The highest BCUT2D eigenvalue weighted by Gasteiger charge is 2.96. The first-order chi connectivity index (χ1) is 13.4. The van der Waals surface area contributed by atoms with Crippen molar-refractivity contribution in [3.05, 3.63) is 0 Å². The summed E-state index contributed by atoms with van der Waals surface area (Å²) in [6.45, 7) is -0.951. The predicted octanol–water partition coefficient (Wildman–Crippen LogP) is 6.20. The molecule has 32 heavy (non-hydrogen) atoms. The highest BCUT2D eigenvalue weighted by Crippen LogP contribution is 2.65. The lowest BCUT2D eigenvalue weighted by atomic mass is 9.83. The van der Waals surface area contributed by atoms with Crippen molar-refractivity contribution in [1.29, 1.82) is 0 Å².